The first-order valence-corrected chi connectivity index (χ1v) is 7.38. The maximum Gasteiger partial charge on any atom is 0.220 e. The van der Waals surface area contributed by atoms with Gasteiger partial charge >= 0.3 is 0 Å². The lowest BCUT2D eigenvalue weighted by Gasteiger charge is -2.24. The van der Waals surface area contributed by atoms with E-state index in [4.69, 9.17) is 4.74 Å². The van der Waals surface area contributed by atoms with E-state index in [9.17, 15) is 4.79 Å². The molecule has 18 heavy (non-hydrogen) atoms. The topological polar surface area (TPSA) is 38.3 Å². The Kier molecular flexibility index (Phi) is 9.08. The van der Waals surface area contributed by atoms with Gasteiger partial charge in [0, 0.05) is 19.1 Å². The maximum absolute atomic E-state index is 11.7. The number of ether oxygens (including phenoxy) is 1. The smallest absolute Gasteiger partial charge is 0.220 e. The molecule has 0 aliphatic rings. The fraction of sp³-hybridized carbons (Fsp3) is 0.933. The monoisotopic (exact) mass is 257 g/mol. The molecule has 0 bridgehead atoms. The minimum Gasteiger partial charge on any atom is -0.376 e. The summed E-state index contributed by atoms with van der Waals surface area (Å²) in [4.78, 5) is 11.7. The van der Waals surface area contributed by atoms with E-state index in [0.717, 1.165) is 38.7 Å². The van der Waals surface area contributed by atoms with Crippen LogP contribution in [0, 0.1) is 0 Å². The van der Waals surface area contributed by atoms with Crippen molar-refractivity contribution in [1.82, 2.24) is 5.32 Å². The molecule has 0 aromatic rings. The molecular formula is C15H31NO2. The van der Waals surface area contributed by atoms with Crippen LogP contribution in [-0.4, -0.2) is 24.2 Å². The van der Waals surface area contributed by atoms with Crippen molar-refractivity contribution in [1.29, 1.82) is 0 Å². The molecule has 0 atom stereocenters. The van der Waals surface area contributed by atoms with Gasteiger partial charge < -0.3 is 10.1 Å². The fourth-order valence-electron chi connectivity index (χ4n) is 2.09. The molecule has 0 aromatic heterocycles. The Hall–Kier alpha value is -0.570. The van der Waals surface area contributed by atoms with Gasteiger partial charge in [-0.1, -0.05) is 20.3 Å². The van der Waals surface area contributed by atoms with Crippen LogP contribution in [0.4, 0.5) is 0 Å². The van der Waals surface area contributed by atoms with Crippen LogP contribution in [0.2, 0.25) is 0 Å². The van der Waals surface area contributed by atoms with Gasteiger partial charge in [0.2, 0.25) is 5.91 Å². The molecule has 0 heterocycles. The molecule has 0 saturated carbocycles. The van der Waals surface area contributed by atoms with Crippen molar-refractivity contribution in [2.75, 3.05) is 6.61 Å². The van der Waals surface area contributed by atoms with Crippen LogP contribution in [-0.2, 0) is 9.53 Å². The van der Waals surface area contributed by atoms with Gasteiger partial charge in [0.05, 0.1) is 5.60 Å². The highest BCUT2D eigenvalue weighted by atomic mass is 16.5. The van der Waals surface area contributed by atoms with Gasteiger partial charge in [-0.2, -0.15) is 0 Å². The molecule has 1 amide bonds. The Morgan fingerprint density at radius 1 is 1.17 bits per heavy atom. The van der Waals surface area contributed by atoms with E-state index in [2.05, 4.69) is 33.0 Å². The molecule has 0 aromatic carbocycles. The average molecular weight is 257 g/mol. The van der Waals surface area contributed by atoms with Crippen molar-refractivity contribution < 1.29 is 9.53 Å². The summed E-state index contributed by atoms with van der Waals surface area (Å²) in [6, 6.07) is 0.345. The minimum atomic E-state index is -0.0550. The molecular weight excluding hydrogens is 226 g/mol. The van der Waals surface area contributed by atoms with Crippen LogP contribution in [0.5, 0.6) is 0 Å². The Labute approximate surface area is 113 Å². The molecule has 0 saturated heterocycles. The second-order valence-corrected chi connectivity index (χ2v) is 5.48. The van der Waals surface area contributed by atoms with Crippen molar-refractivity contribution in [2.24, 2.45) is 0 Å². The molecule has 3 nitrogen and oxygen atoms in total. The lowest BCUT2D eigenvalue weighted by Crippen LogP contribution is -2.33. The maximum atomic E-state index is 11.7. The fourth-order valence-corrected chi connectivity index (χ4v) is 2.09. The summed E-state index contributed by atoms with van der Waals surface area (Å²) in [7, 11) is 0. The highest BCUT2D eigenvalue weighted by Crippen LogP contribution is 2.18. The molecule has 3 heteroatoms. The van der Waals surface area contributed by atoms with Gasteiger partial charge in [-0.05, 0) is 46.5 Å². The van der Waals surface area contributed by atoms with Crippen LogP contribution in [0.25, 0.3) is 0 Å². The number of nitrogens with one attached hydrogen (secondary N) is 1. The van der Waals surface area contributed by atoms with E-state index in [0.29, 0.717) is 12.5 Å². The summed E-state index contributed by atoms with van der Waals surface area (Å²) in [5.74, 6) is 0.193. The lowest BCUT2D eigenvalue weighted by molar-refractivity contribution is -0.122. The second kappa shape index (κ2) is 9.37. The third-order valence-corrected chi connectivity index (χ3v) is 3.32. The predicted molar refractivity (Wildman–Crippen MR) is 76.7 cm³/mol. The summed E-state index contributed by atoms with van der Waals surface area (Å²) >= 11 is 0. The van der Waals surface area contributed by atoms with Crippen molar-refractivity contribution in [2.45, 2.75) is 84.8 Å². The molecule has 0 unspecified atom stereocenters. The number of hydrogen-bond acceptors (Lipinski definition) is 2. The molecule has 0 fully saturated rings. The van der Waals surface area contributed by atoms with E-state index in [1.165, 1.54) is 0 Å². The highest BCUT2D eigenvalue weighted by molar-refractivity contribution is 5.76. The zero-order valence-corrected chi connectivity index (χ0v) is 12.8. The number of carbonyl (C=O) groups excluding carboxylic acids is 1. The van der Waals surface area contributed by atoms with E-state index in [1.54, 1.807) is 0 Å². The van der Waals surface area contributed by atoms with Gasteiger partial charge in [0.1, 0.15) is 0 Å². The van der Waals surface area contributed by atoms with E-state index in [1.807, 2.05) is 6.92 Å². The Morgan fingerprint density at radius 2 is 1.78 bits per heavy atom. The van der Waals surface area contributed by atoms with E-state index < -0.39 is 0 Å². The van der Waals surface area contributed by atoms with Crippen LogP contribution in [0.3, 0.4) is 0 Å². The van der Waals surface area contributed by atoms with Gasteiger partial charge in [0.15, 0.2) is 0 Å². The molecule has 1 N–H and O–H groups in total. The van der Waals surface area contributed by atoms with Gasteiger partial charge in [0.25, 0.3) is 0 Å². The van der Waals surface area contributed by atoms with Crippen molar-refractivity contribution in [3.8, 4) is 0 Å². The van der Waals surface area contributed by atoms with Crippen molar-refractivity contribution in [3.63, 3.8) is 0 Å². The molecule has 0 spiro atoms. The first kappa shape index (κ1) is 17.4. The quantitative estimate of drug-likeness (QED) is 0.606. The zero-order valence-electron chi connectivity index (χ0n) is 12.8. The summed E-state index contributed by atoms with van der Waals surface area (Å²) in [5, 5.41) is 3.07. The van der Waals surface area contributed by atoms with Crippen LogP contribution < -0.4 is 5.32 Å². The molecule has 0 aliphatic heterocycles. The lowest BCUT2D eigenvalue weighted by atomic mass is 10.00. The summed E-state index contributed by atoms with van der Waals surface area (Å²) in [6.45, 7) is 11.2. The standard InChI is InChI=1S/C15H31NO2/c1-6-13(7-2)16-14(17)11-9-10-12-15(4,5)18-8-3/h13H,6-12H2,1-5H3,(H,16,17). The van der Waals surface area contributed by atoms with Crippen molar-refractivity contribution >= 4 is 5.91 Å². The molecule has 0 rings (SSSR count). The molecule has 108 valence electrons. The summed E-state index contributed by atoms with van der Waals surface area (Å²) in [5.41, 5.74) is -0.0550. The summed E-state index contributed by atoms with van der Waals surface area (Å²) in [6.07, 6.45) is 5.67. The van der Waals surface area contributed by atoms with E-state index in [-0.39, 0.29) is 11.5 Å². The number of unbranched alkanes of at least 4 members (excludes halogenated alkanes) is 1. The Balaban J connectivity index is 3.69. The largest absolute Gasteiger partial charge is 0.376 e. The molecule has 0 radical (unpaired) electrons. The first-order chi connectivity index (χ1) is 8.45. The number of rotatable bonds is 10. The highest BCUT2D eigenvalue weighted by Gasteiger charge is 2.17. The Bertz CT molecular complexity index is 223. The average Bonchev–Trinajstić information content (AvgIpc) is 2.31. The third-order valence-electron chi connectivity index (χ3n) is 3.32. The normalized spacial score (nSPS) is 11.9. The van der Waals surface area contributed by atoms with Crippen molar-refractivity contribution in [3.05, 3.63) is 0 Å². The van der Waals surface area contributed by atoms with Crippen LogP contribution in [0.15, 0.2) is 0 Å². The number of carbonyl (C=O) groups is 1. The predicted octanol–water partition coefficient (Wildman–Crippen LogP) is 3.67. The van der Waals surface area contributed by atoms with E-state index >= 15 is 0 Å². The number of amides is 1. The second-order valence-electron chi connectivity index (χ2n) is 5.48. The van der Waals surface area contributed by atoms with Gasteiger partial charge in [-0.15, -0.1) is 0 Å². The van der Waals surface area contributed by atoms with Gasteiger partial charge in [-0.25, -0.2) is 0 Å². The minimum absolute atomic E-state index is 0.0550. The zero-order chi connectivity index (χ0) is 14.0. The first-order valence-electron chi connectivity index (χ1n) is 7.38. The van der Waals surface area contributed by atoms with Gasteiger partial charge in [-0.3, -0.25) is 4.79 Å². The van der Waals surface area contributed by atoms with Crippen LogP contribution >= 0.6 is 0 Å². The third kappa shape index (κ3) is 8.51. The van der Waals surface area contributed by atoms with Crippen LogP contribution in [0.1, 0.15) is 73.1 Å². The molecule has 0 aliphatic carbocycles. The Morgan fingerprint density at radius 3 is 2.28 bits per heavy atom. The number of hydrogen-bond donors (Lipinski definition) is 1. The summed E-state index contributed by atoms with van der Waals surface area (Å²) < 4.78 is 5.64. The SMILES string of the molecule is CCOC(C)(C)CCCCC(=O)NC(CC)CC.